The lowest BCUT2D eigenvalue weighted by Crippen LogP contribution is -2.33. The zero-order valence-electron chi connectivity index (χ0n) is 9.39. The van der Waals surface area contributed by atoms with Crippen molar-refractivity contribution in [2.45, 2.75) is 25.8 Å². The Balaban J connectivity index is 2.16. The van der Waals surface area contributed by atoms with Crippen molar-refractivity contribution >= 4 is 5.91 Å². The molecule has 1 atom stereocenters. The molecule has 0 bridgehead atoms. The van der Waals surface area contributed by atoms with Crippen LogP contribution in [0.2, 0.25) is 0 Å². The number of nitrogens with two attached hydrogens (primary N) is 1. The molecule has 0 saturated carbocycles. The summed E-state index contributed by atoms with van der Waals surface area (Å²) >= 11 is 0. The first-order valence-corrected chi connectivity index (χ1v) is 5.47. The molecule has 1 aliphatic heterocycles. The van der Waals surface area contributed by atoms with Gasteiger partial charge in [0.15, 0.2) is 0 Å². The van der Waals surface area contributed by atoms with E-state index in [-0.39, 0.29) is 11.9 Å². The van der Waals surface area contributed by atoms with Crippen molar-refractivity contribution in [3.63, 3.8) is 0 Å². The Labute approximate surface area is 94.7 Å². The van der Waals surface area contributed by atoms with E-state index in [0.717, 1.165) is 30.8 Å². The third-order valence-corrected chi connectivity index (χ3v) is 2.84. The number of carbonyl (C=O) groups is 1. The van der Waals surface area contributed by atoms with Gasteiger partial charge in [-0.25, -0.2) is 0 Å². The highest BCUT2D eigenvalue weighted by Crippen LogP contribution is 2.29. The lowest BCUT2D eigenvalue weighted by atomic mass is 10.1. The Hall–Kier alpha value is -1.49. The minimum Gasteiger partial charge on any atom is -0.369 e. The van der Waals surface area contributed by atoms with Crippen LogP contribution in [-0.2, 0) is 4.79 Å². The highest BCUT2D eigenvalue weighted by atomic mass is 16.1. The lowest BCUT2D eigenvalue weighted by Gasteiger charge is -2.22. The first-order chi connectivity index (χ1) is 7.66. The molecule has 0 spiro atoms. The molecular formula is C11H16N4O. The molecule has 2 N–H and O–H groups in total. The van der Waals surface area contributed by atoms with Crippen LogP contribution in [0.15, 0.2) is 12.4 Å². The van der Waals surface area contributed by atoms with Gasteiger partial charge in [-0.05, 0) is 26.3 Å². The molecule has 1 unspecified atom stereocenters. The number of aryl methyl sites for hydroxylation is 1. The van der Waals surface area contributed by atoms with E-state index >= 15 is 0 Å². The van der Waals surface area contributed by atoms with Gasteiger partial charge in [0.2, 0.25) is 5.91 Å². The second-order valence-corrected chi connectivity index (χ2v) is 4.18. The smallest absolute Gasteiger partial charge is 0.231 e. The van der Waals surface area contributed by atoms with Gasteiger partial charge in [0.1, 0.15) is 0 Å². The maximum atomic E-state index is 10.9. The Morgan fingerprint density at radius 3 is 3.12 bits per heavy atom. The van der Waals surface area contributed by atoms with Crippen molar-refractivity contribution < 1.29 is 4.79 Å². The zero-order valence-corrected chi connectivity index (χ0v) is 9.39. The van der Waals surface area contributed by atoms with E-state index in [0.29, 0.717) is 6.54 Å². The summed E-state index contributed by atoms with van der Waals surface area (Å²) in [6.45, 7) is 3.13. The lowest BCUT2D eigenvalue weighted by molar-refractivity contribution is -0.119. The first-order valence-electron chi connectivity index (χ1n) is 5.47. The Bertz CT molecular complexity index is 393. The van der Waals surface area contributed by atoms with Gasteiger partial charge in [-0.2, -0.15) is 0 Å². The third kappa shape index (κ3) is 2.36. The Morgan fingerprint density at radius 2 is 2.44 bits per heavy atom. The highest BCUT2D eigenvalue weighted by Gasteiger charge is 2.28. The Kier molecular flexibility index (Phi) is 3.14. The summed E-state index contributed by atoms with van der Waals surface area (Å²) < 4.78 is 0. The second kappa shape index (κ2) is 4.57. The molecule has 5 heteroatoms. The maximum absolute atomic E-state index is 10.9. The van der Waals surface area contributed by atoms with Gasteiger partial charge in [-0.15, -0.1) is 0 Å². The molecule has 0 radical (unpaired) electrons. The van der Waals surface area contributed by atoms with Crippen LogP contribution in [0.1, 0.15) is 30.3 Å². The van der Waals surface area contributed by atoms with E-state index in [4.69, 9.17) is 5.73 Å². The van der Waals surface area contributed by atoms with Crippen LogP contribution in [0, 0.1) is 6.92 Å². The van der Waals surface area contributed by atoms with Gasteiger partial charge < -0.3 is 5.73 Å². The summed E-state index contributed by atoms with van der Waals surface area (Å²) in [5.41, 5.74) is 7.08. The number of rotatable bonds is 3. The van der Waals surface area contributed by atoms with E-state index < -0.39 is 0 Å². The standard InChI is InChI=1S/C11H16N4O/c1-8-5-13-6-9(14-8)10-3-2-4-15(10)7-11(12)16/h5-6,10H,2-4,7H2,1H3,(H2,12,16). The minimum absolute atomic E-state index is 0.194. The van der Waals surface area contributed by atoms with E-state index in [2.05, 4.69) is 14.9 Å². The van der Waals surface area contributed by atoms with Crippen molar-refractivity contribution in [1.82, 2.24) is 14.9 Å². The van der Waals surface area contributed by atoms with E-state index in [1.807, 2.05) is 6.92 Å². The van der Waals surface area contributed by atoms with Crippen molar-refractivity contribution in [3.05, 3.63) is 23.8 Å². The number of aromatic nitrogens is 2. The van der Waals surface area contributed by atoms with Gasteiger partial charge in [-0.3, -0.25) is 19.7 Å². The fourth-order valence-corrected chi connectivity index (χ4v) is 2.19. The van der Waals surface area contributed by atoms with Gasteiger partial charge >= 0.3 is 0 Å². The molecular weight excluding hydrogens is 204 g/mol. The monoisotopic (exact) mass is 220 g/mol. The number of amides is 1. The van der Waals surface area contributed by atoms with Crippen molar-refractivity contribution in [2.75, 3.05) is 13.1 Å². The minimum atomic E-state index is -0.285. The molecule has 5 nitrogen and oxygen atoms in total. The van der Waals surface area contributed by atoms with Crippen LogP contribution in [0.4, 0.5) is 0 Å². The number of hydrogen-bond acceptors (Lipinski definition) is 4. The average molecular weight is 220 g/mol. The first kappa shape index (κ1) is 11.0. The predicted octanol–water partition coefficient (Wildman–Crippen LogP) is 0.407. The van der Waals surface area contributed by atoms with Crippen molar-refractivity contribution in [2.24, 2.45) is 5.73 Å². The van der Waals surface area contributed by atoms with E-state index in [9.17, 15) is 4.79 Å². The highest BCUT2D eigenvalue weighted by molar-refractivity contribution is 5.76. The van der Waals surface area contributed by atoms with Crippen LogP contribution >= 0.6 is 0 Å². The zero-order chi connectivity index (χ0) is 11.5. The molecule has 1 fully saturated rings. The fraction of sp³-hybridized carbons (Fsp3) is 0.545. The van der Waals surface area contributed by atoms with Crippen molar-refractivity contribution in [3.8, 4) is 0 Å². The topological polar surface area (TPSA) is 72.1 Å². The van der Waals surface area contributed by atoms with Crippen molar-refractivity contribution in [1.29, 1.82) is 0 Å². The molecule has 1 aliphatic rings. The van der Waals surface area contributed by atoms with Crippen LogP contribution in [-0.4, -0.2) is 33.9 Å². The molecule has 2 rings (SSSR count). The molecule has 2 heterocycles. The Morgan fingerprint density at radius 1 is 1.62 bits per heavy atom. The average Bonchev–Trinajstić information content (AvgIpc) is 2.65. The predicted molar refractivity (Wildman–Crippen MR) is 59.5 cm³/mol. The number of nitrogens with zero attached hydrogens (tertiary/aromatic N) is 3. The number of carbonyl (C=O) groups excluding carboxylic acids is 1. The van der Waals surface area contributed by atoms with Gasteiger partial charge in [0.05, 0.1) is 24.0 Å². The molecule has 1 amide bonds. The molecule has 1 aromatic heterocycles. The molecule has 86 valence electrons. The van der Waals surface area contributed by atoms with Gasteiger partial charge in [0, 0.05) is 12.4 Å². The molecule has 1 saturated heterocycles. The normalized spacial score (nSPS) is 21.2. The van der Waals surface area contributed by atoms with Crippen LogP contribution < -0.4 is 5.73 Å². The van der Waals surface area contributed by atoms with Gasteiger partial charge in [0.25, 0.3) is 0 Å². The summed E-state index contributed by atoms with van der Waals surface area (Å²) in [6.07, 6.45) is 5.60. The summed E-state index contributed by atoms with van der Waals surface area (Å²) in [6, 6.07) is 0.194. The summed E-state index contributed by atoms with van der Waals surface area (Å²) in [7, 11) is 0. The second-order valence-electron chi connectivity index (χ2n) is 4.18. The molecule has 0 aromatic carbocycles. The summed E-state index contributed by atoms with van der Waals surface area (Å²) in [5, 5.41) is 0. The molecule has 1 aromatic rings. The maximum Gasteiger partial charge on any atom is 0.231 e. The largest absolute Gasteiger partial charge is 0.369 e. The summed E-state index contributed by atoms with van der Waals surface area (Å²) in [4.78, 5) is 21.6. The molecule has 16 heavy (non-hydrogen) atoms. The number of primary amides is 1. The molecule has 0 aliphatic carbocycles. The summed E-state index contributed by atoms with van der Waals surface area (Å²) in [5.74, 6) is -0.285. The van der Waals surface area contributed by atoms with Crippen LogP contribution in [0.5, 0.6) is 0 Å². The number of likely N-dealkylation sites (tertiary alicyclic amines) is 1. The number of hydrogen-bond donors (Lipinski definition) is 1. The van der Waals surface area contributed by atoms with E-state index in [1.54, 1.807) is 12.4 Å². The van der Waals surface area contributed by atoms with E-state index in [1.165, 1.54) is 0 Å². The third-order valence-electron chi connectivity index (χ3n) is 2.84. The van der Waals surface area contributed by atoms with Crippen LogP contribution in [0.25, 0.3) is 0 Å². The fourth-order valence-electron chi connectivity index (χ4n) is 2.19. The van der Waals surface area contributed by atoms with Gasteiger partial charge in [-0.1, -0.05) is 0 Å². The quantitative estimate of drug-likeness (QED) is 0.800. The van der Waals surface area contributed by atoms with Crippen LogP contribution in [0.3, 0.4) is 0 Å². The SMILES string of the molecule is Cc1cncc(C2CCCN2CC(N)=O)n1.